The summed E-state index contributed by atoms with van der Waals surface area (Å²) < 4.78 is 25.6. The van der Waals surface area contributed by atoms with E-state index in [1.807, 2.05) is 0 Å². The van der Waals surface area contributed by atoms with E-state index in [0.717, 1.165) is 24.8 Å². The highest BCUT2D eigenvalue weighted by molar-refractivity contribution is 7.84. The van der Waals surface area contributed by atoms with Crippen LogP contribution in [0.25, 0.3) is 0 Å². The molecule has 0 amide bonds. The third kappa shape index (κ3) is 3.31. The lowest BCUT2D eigenvalue weighted by Gasteiger charge is -2.26. The van der Waals surface area contributed by atoms with E-state index in [2.05, 4.69) is 6.92 Å². The lowest BCUT2D eigenvalue weighted by Crippen LogP contribution is -2.24. The molecule has 2 nitrogen and oxygen atoms in total. The Kier molecular flexibility index (Phi) is 4.38. The minimum absolute atomic E-state index is 0.149. The second-order valence-corrected chi connectivity index (χ2v) is 6.99. The van der Waals surface area contributed by atoms with Crippen LogP contribution in [-0.4, -0.2) is 9.46 Å². The van der Waals surface area contributed by atoms with Crippen molar-refractivity contribution in [3.63, 3.8) is 0 Å². The van der Waals surface area contributed by atoms with Crippen LogP contribution in [0, 0.1) is 11.7 Å². The van der Waals surface area contributed by atoms with Crippen molar-refractivity contribution in [2.24, 2.45) is 5.92 Å². The molecule has 1 aromatic carbocycles. The molecule has 3 unspecified atom stereocenters. The summed E-state index contributed by atoms with van der Waals surface area (Å²) in [5.41, 5.74) is 6.35. The lowest BCUT2D eigenvalue weighted by atomic mass is 9.91. The largest absolute Gasteiger partial charge is 0.396 e. The van der Waals surface area contributed by atoms with E-state index >= 15 is 0 Å². The molecule has 1 fully saturated rings. The molecule has 18 heavy (non-hydrogen) atoms. The Labute approximate surface area is 110 Å². The summed E-state index contributed by atoms with van der Waals surface area (Å²) >= 11 is 0. The van der Waals surface area contributed by atoms with Crippen LogP contribution in [0.4, 0.5) is 10.1 Å². The number of halogens is 1. The van der Waals surface area contributed by atoms with Crippen molar-refractivity contribution in [2.75, 3.05) is 5.73 Å². The third-order valence-electron chi connectivity index (χ3n) is 3.63. The second kappa shape index (κ2) is 5.83. The van der Waals surface area contributed by atoms with Gasteiger partial charge in [-0.2, -0.15) is 0 Å². The van der Waals surface area contributed by atoms with Crippen molar-refractivity contribution in [2.45, 2.75) is 43.6 Å². The molecule has 2 N–H and O–H groups in total. The lowest BCUT2D eigenvalue weighted by molar-refractivity contribution is 0.389. The molecule has 0 radical (unpaired) electrons. The molecule has 3 atom stereocenters. The van der Waals surface area contributed by atoms with Gasteiger partial charge in [-0.05, 0) is 36.5 Å². The fourth-order valence-electron chi connectivity index (χ4n) is 2.56. The van der Waals surface area contributed by atoms with Gasteiger partial charge in [0.1, 0.15) is 5.82 Å². The Hall–Kier alpha value is -0.900. The van der Waals surface area contributed by atoms with Crippen LogP contribution < -0.4 is 5.73 Å². The fourth-order valence-corrected chi connectivity index (χ4v) is 4.28. The highest BCUT2D eigenvalue weighted by atomic mass is 32.2. The van der Waals surface area contributed by atoms with Gasteiger partial charge in [0.25, 0.3) is 0 Å². The zero-order valence-electron chi connectivity index (χ0n) is 10.7. The third-order valence-corrected chi connectivity index (χ3v) is 5.42. The van der Waals surface area contributed by atoms with Gasteiger partial charge in [-0.15, -0.1) is 0 Å². The maximum Gasteiger partial charge on any atom is 0.146 e. The summed E-state index contributed by atoms with van der Waals surface area (Å²) in [6.07, 6.45) is 4.47. The van der Waals surface area contributed by atoms with Crippen LogP contribution >= 0.6 is 0 Å². The van der Waals surface area contributed by atoms with Gasteiger partial charge < -0.3 is 5.73 Å². The van der Waals surface area contributed by atoms with Crippen molar-refractivity contribution >= 4 is 16.5 Å². The highest BCUT2D eigenvalue weighted by Crippen LogP contribution is 2.28. The number of nitrogens with two attached hydrogens (primary N) is 1. The van der Waals surface area contributed by atoms with Gasteiger partial charge in [0.2, 0.25) is 0 Å². The SMILES string of the molecule is CC1CCCC(S(=O)Cc2ccc(N)c(F)c2)C1. The highest BCUT2D eigenvalue weighted by Gasteiger charge is 2.23. The van der Waals surface area contributed by atoms with Gasteiger partial charge in [-0.25, -0.2) is 4.39 Å². The van der Waals surface area contributed by atoms with Crippen molar-refractivity contribution in [1.29, 1.82) is 0 Å². The zero-order valence-corrected chi connectivity index (χ0v) is 11.5. The minimum Gasteiger partial charge on any atom is -0.396 e. The molecule has 0 spiro atoms. The standard InChI is InChI=1S/C14H20FNOS/c1-10-3-2-4-12(7-10)18(17)9-11-5-6-14(16)13(15)8-11/h5-6,8,10,12H,2-4,7,9,16H2,1H3. The summed E-state index contributed by atoms with van der Waals surface area (Å²) in [4.78, 5) is 0. The van der Waals surface area contributed by atoms with Crippen LogP contribution in [0.3, 0.4) is 0 Å². The molecule has 4 heteroatoms. The molecule has 0 heterocycles. The first kappa shape index (κ1) is 13.5. The van der Waals surface area contributed by atoms with Crippen molar-refractivity contribution in [3.8, 4) is 0 Å². The molecule has 1 aromatic rings. The van der Waals surface area contributed by atoms with Crippen molar-refractivity contribution in [3.05, 3.63) is 29.6 Å². The van der Waals surface area contributed by atoms with Crippen LogP contribution in [-0.2, 0) is 16.6 Å². The molecule has 1 aliphatic carbocycles. The predicted molar refractivity (Wildman–Crippen MR) is 74.1 cm³/mol. The summed E-state index contributed by atoms with van der Waals surface area (Å²) in [6, 6.07) is 4.72. The van der Waals surface area contributed by atoms with Gasteiger partial charge in [0.15, 0.2) is 0 Å². The van der Waals surface area contributed by atoms with Crippen LogP contribution in [0.2, 0.25) is 0 Å². The molecule has 1 aliphatic rings. The zero-order chi connectivity index (χ0) is 13.1. The Morgan fingerprint density at radius 2 is 2.22 bits per heavy atom. The number of nitrogen functional groups attached to an aromatic ring is 1. The maximum absolute atomic E-state index is 13.3. The Balaban J connectivity index is 2.00. The summed E-state index contributed by atoms with van der Waals surface area (Å²) in [5, 5.41) is 0.273. The molecular weight excluding hydrogens is 249 g/mol. The quantitative estimate of drug-likeness (QED) is 0.856. The first-order valence-electron chi connectivity index (χ1n) is 6.47. The molecule has 0 bridgehead atoms. The van der Waals surface area contributed by atoms with Crippen LogP contribution in [0.1, 0.15) is 38.2 Å². The number of hydrogen-bond acceptors (Lipinski definition) is 2. The predicted octanol–water partition coefficient (Wildman–Crippen LogP) is 3.24. The van der Waals surface area contributed by atoms with E-state index in [0.29, 0.717) is 11.7 Å². The van der Waals surface area contributed by atoms with E-state index in [4.69, 9.17) is 5.73 Å². The van der Waals surface area contributed by atoms with Gasteiger partial charge in [-0.1, -0.05) is 25.8 Å². The fraction of sp³-hybridized carbons (Fsp3) is 0.571. The number of rotatable bonds is 3. The van der Waals surface area contributed by atoms with Crippen LogP contribution in [0.5, 0.6) is 0 Å². The Morgan fingerprint density at radius 3 is 2.89 bits per heavy atom. The van der Waals surface area contributed by atoms with E-state index in [1.54, 1.807) is 12.1 Å². The monoisotopic (exact) mass is 269 g/mol. The summed E-state index contributed by atoms with van der Waals surface area (Å²) in [5.74, 6) is 0.687. The van der Waals surface area contributed by atoms with Gasteiger partial charge in [0.05, 0.1) is 5.69 Å². The van der Waals surface area contributed by atoms with E-state index in [1.165, 1.54) is 12.5 Å². The molecule has 1 saturated carbocycles. The first-order chi connectivity index (χ1) is 8.56. The van der Waals surface area contributed by atoms with Crippen molar-refractivity contribution < 1.29 is 8.60 Å². The van der Waals surface area contributed by atoms with E-state index in [9.17, 15) is 8.60 Å². The number of benzene rings is 1. The Morgan fingerprint density at radius 1 is 1.44 bits per heavy atom. The van der Waals surface area contributed by atoms with Gasteiger partial charge in [0, 0.05) is 21.8 Å². The summed E-state index contributed by atoms with van der Waals surface area (Å²) in [7, 11) is -0.901. The smallest absolute Gasteiger partial charge is 0.146 e. The average molecular weight is 269 g/mol. The number of hydrogen-bond donors (Lipinski definition) is 1. The molecular formula is C14H20FNOS. The second-order valence-electron chi connectivity index (χ2n) is 5.27. The molecule has 0 aromatic heterocycles. The van der Waals surface area contributed by atoms with E-state index < -0.39 is 16.6 Å². The van der Waals surface area contributed by atoms with Gasteiger partial charge in [-0.3, -0.25) is 4.21 Å². The summed E-state index contributed by atoms with van der Waals surface area (Å²) in [6.45, 7) is 2.21. The minimum atomic E-state index is -0.901. The molecule has 0 aliphatic heterocycles. The molecule has 0 saturated heterocycles. The first-order valence-corrected chi connectivity index (χ1v) is 7.85. The van der Waals surface area contributed by atoms with Crippen LogP contribution in [0.15, 0.2) is 18.2 Å². The number of anilines is 1. The normalized spacial score (nSPS) is 25.9. The molecule has 100 valence electrons. The van der Waals surface area contributed by atoms with Crippen molar-refractivity contribution in [1.82, 2.24) is 0 Å². The molecule has 2 rings (SSSR count). The Bertz CT molecular complexity index is 449. The van der Waals surface area contributed by atoms with Gasteiger partial charge >= 0.3 is 0 Å². The topological polar surface area (TPSA) is 43.1 Å². The van der Waals surface area contributed by atoms with E-state index in [-0.39, 0.29) is 10.9 Å². The maximum atomic E-state index is 13.3. The average Bonchev–Trinajstić information content (AvgIpc) is 2.34.